The zero-order valence-corrected chi connectivity index (χ0v) is 8.73. The van der Waals surface area contributed by atoms with Gasteiger partial charge >= 0.3 is 0 Å². The number of hydrogen-bond donors (Lipinski definition) is 2. The zero-order valence-electron chi connectivity index (χ0n) is 8.73. The molecule has 2 heteroatoms. The Kier molecular flexibility index (Phi) is 2.89. The standard InChI is InChI=1S/C11H22N2/c1-11(5-2-3-6-13-11)8-10-4-7-12-9-10/h10,12-13H,2-9H2,1H3. The summed E-state index contributed by atoms with van der Waals surface area (Å²) in [5.74, 6) is 0.926. The molecular weight excluding hydrogens is 160 g/mol. The van der Waals surface area contributed by atoms with Crippen LogP contribution >= 0.6 is 0 Å². The van der Waals surface area contributed by atoms with Gasteiger partial charge in [0.1, 0.15) is 0 Å². The largest absolute Gasteiger partial charge is 0.316 e. The molecule has 2 aliphatic heterocycles. The van der Waals surface area contributed by atoms with Crippen molar-refractivity contribution in [1.29, 1.82) is 0 Å². The van der Waals surface area contributed by atoms with E-state index in [-0.39, 0.29) is 0 Å². The van der Waals surface area contributed by atoms with Crippen LogP contribution in [-0.2, 0) is 0 Å². The molecule has 0 spiro atoms. The van der Waals surface area contributed by atoms with Crippen molar-refractivity contribution >= 4 is 0 Å². The molecule has 2 unspecified atom stereocenters. The third-order valence-corrected chi connectivity index (χ3v) is 3.61. The minimum atomic E-state index is 0.453. The number of rotatable bonds is 2. The first-order valence-corrected chi connectivity index (χ1v) is 5.74. The van der Waals surface area contributed by atoms with Crippen LogP contribution in [0, 0.1) is 5.92 Å². The van der Waals surface area contributed by atoms with Crippen LogP contribution in [0.4, 0.5) is 0 Å². The first kappa shape index (κ1) is 9.47. The summed E-state index contributed by atoms with van der Waals surface area (Å²) < 4.78 is 0. The molecule has 2 rings (SSSR count). The molecule has 13 heavy (non-hydrogen) atoms. The van der Waals surface area contributed by atoms with E-state index < -0.39 is 0 Å². The lowest BCUT2D eigenvalue weighted by Gasteiger charge is -2.37. The Morgan fingerprint density at radius 3 is 2.85 bits per heavy atom. The summed E-state index contributed by atoms with van der Waals surface area (Å²) in [6.07, 6.45) is 6.93. The Morgan fingerprint density at radius 2 is 2.23 bits per heavy atom. The van der Waals surface area contributed by atoms with E-state index in [0.29, 0.717) is 5.54 Å². The molecule has 0 amide bonds. The summed E-state index contributed by atoms with van der Waals surface area (Å²) in [4.78, 5) is 0. The fraction of sp³-hybridized carbons (Fsp3) is 1.00. The summed E-state index contributed by atoms with van der Waals surface area (Å²) in [5.41, 5.74) is 0.453. The molecule has 2 fully saturated rings. The van der Waals surface area contributed by atoms with E-state index in [1.165, 1.54) is 51.7 Å². The van der Waals surface area contributed by atoms with Crippen LogP contribution in [-0.4, -0.2) is 25.2 Å². The monoisotopic (exact) mass is 182 g/mol. The molecule has 2 saturated heterocycles. The first-order chi connectivity index (χ1) is 6.29. The van der Waals surface area contributed by atoms with Crippen molar-refractivity contribution in [2.45, 2.75) is 44.6 Å². The molecule has 0 aromatic heterocycles. The number of nitrogens with one attached hydrogen (secondary N) is 2. The van der Waals surface area contributed by atoms with Gasteiger partial charge in [0.25, 0.3) is 0 Å². The van der Waals surface area contributed by atoms with Gasteiger partial charge in [-0.05, 0) is 58.2 Å². The lowest BCUT2D eigenvalue weighted by molar-refractivity contribution is 0.228. The predicted octanol–water partition coefficient (Wildman–Crippen LogP) is 1.52. The number of hydrogen-bond acceptors (Lipinski definition) is 2. The highest BCUT2D eigenvalue weighted by Gasteiger charge is 2.30. The average molecular weight is 182 g/mol. The van der Waals surface area contributed by atoms with Gasteiger partial charge in [0, 0.05) is 5.54 Å². The van der Waals surface area contributed by atoms with Crippen molar-refractivity contribution in [3.05, 3.63) is 0 Å². The van der Waals surface area contributed by atoms with Gasteiger partial charge < -0.3 is 10.6 Å². The van der Waals surface area contributed by atoms with E-state index in [4.69, 9.17) is 0 Å². The van der Waals surface area contributed by atoms with Gasteiger partial charge in [-0.3, -0.25) is 0 Å². The van der Waals surface area contributed by atoms with Crippen molar-refractivity contribution in [1.82, 2.24) is 10.6 Å². The molecule has 2 nitrogen and oxygen atoms in total. The van der Waals surface area contributed by atoms with Crippen molar-refractivity contribution in [3.8, 4) is 0 Å². The summed E-state index contributed by atoms with van der Waals surface area (Å²) in [5, 5.41) is 7.15. The fourth-order valence-electron chi connectivity index (χ4n) is 2.82. The Hall–Kier alpha value is -0.0800. The Balaban J connectivity index is 1.83. The van der Waals surface area contributed by atoms with E-state index in [0.717, 1.165) is 5.92 Å². The maximum Gasteiger partial charge on any atom is 0.0156 e. The quantitative estimate of drug-likeness (QED) is 0.676. The Bertz CT molecular complexity index is 155. The van der Waals surface area contributed by atoms with Gasteiger partial charge in [0.15, 0.2) is 0 Å². The molecule has 0 radical (unpaired) electrons. The lowest BCUT2D eigenvalue weighted by atomic mass is 9.82. The minimum Gasteiger partial charge on any atom is -0.316 e. The maximum absolute atomic E-state index is 3.69. The second kappa shape index (κ2) is 3.97. The zero-order chi connectivity index (χ0) is 9.15. The van der Waals surface area contributed by atoms with Crippen molar-refractivity contribution in [3.63, 3.8) is 0 Å². The fourth-order valence-corrected chi connectivity index (χ4v) is 2.82. The number of piperidine rings is 1. The summed E-state index contributed by atoms with van der Waals surface area (Å²) >= 11 is 0. The van der Waals surface area contributed by atoms with Crippen LogP contribution in [0.3, 0.4) is 0 Å². The maximum atomic E-state index is 3.69. The molecule has 0 saturated carbocycles. The molecule has 2 atom stereocenters. The second-order valence-electron chi connectivity index (χ2n) is 5.01. The van der Waals surface area contributed by atoms with Gasteiger partial charge in [-0.2, -0.15) is 0 Å². The van der Waals surface area contributed by atoms with E-state index in [1.807, 2.05) is 0 Å². The molecule has 2 N–H and O–H groups in total. The van der Waals surface area contributed by atoms with E-state index in [1.54, 1.807) is 0 Å². The van der Waals surface area contributed by atoms with E-state index in [2.05, 4.69) is 17.6 Å². The van der Waals surface area contributed by atoms with Crippen LogP contribution in [0.5, 0.6) is 0 Å². The minimum absolute atomic E-state index is 0.453. The summed E-state index contributed by atoms with van der Waals surface area (Å²) in [6, 6.07) is 0. The first-order valence-electron chi connectivity index (χ1n) is 5.74. The highest BCUT2D eigenvalue weighted by Crippen LogP contribution is 2.28. The van der Waals surface area contributed by atoms with Crippen molar-refractivity contribution in [2.75, 3.05) is 19.6 Å². The molecule has 2 aliphatic rings. The van der Waals surface area contributed by atoms with Crippen LogP contribution in [0.1, 0.15) is 39.0 Å². The Morgan fingerprint density at radius 1 is 1.31 bits per heavy atom. The lowest BCUT2D eigenvalue weighted by Crippen LogP contribution is -2.47. The van der Waals surface area contributed by atoms with Crippen LogP contribution in [0.15, 0.2) is 0 Å². The molecule has 0 aromatic rings. The summed E-state index contributed by atoms with van der Waals surface area (Å²) in [6.45, 7) is 6.12. The molecule has 0 bridgehead atoms. The van der Waals surface area contributed by atoms with E-state index in [9.17, 15) is 0 Å². The van der Waals surface area contributed by atoms with Crippen molar-refractivity contribution < 1.29 is 0 Å². The molecule has 2 heterocycles. The second-order valence-corrected chi connectivity index (χ2v) is 5.01. The SMILES string of the molecule is CC1(CC2CCNC2)CCCCN1. The van der Waals surface area contributed by atoms with Gasteiger partial charge in [-0.15, -0.1) is 0 Å². The highest BCUT2D eigenvalue weighted by atomic mass is 15.0. The smallest absolute Gasteiger partial charge is 0.0156 e. The molecular formula is C11H22N2. The van der Waals surface area contributed by atoms with Gasteiger partial charge in [0.2, 0.25) is 0 Å². The molecule has 76 valence electrons. The van der Waals surface area contributed by atoms with Crippen molar-refractivity contribution in [2.24, 2.45) is 5.92 Å². The van der Waals surface area contributed by atoms with Crippen LogP contribution in [0.2, 0.25) is 0 Å². The van der Waals surface area contributed by atoms with Crippen LogP contribution in [0.25, 0.3) is 0 Å². The van der Waals surface area contributed by atoms with Gasteiger partial charge in [-0.25, -0.2) is 0 Å². The third-order valence-electron chi connectivity index (χ3n) is 3.61. The molecule has 0 aromatic carbocycles. The third kappa shape index (κ3) is 2.44. The topological polar surface area (TPSA) is 24.1 Å². The highest BCUT2D eigenvalue weighted by molar-refractivity contribution is 4.90. The van der Waals surface area contributed by atoms with E-state index >= 15 is 0 Å². The van der Waals surface area contributed by atoms with Gasteiger partial charge in [0.05, 0.1) is 0 Å². The normalized spacial score (nSPS) is 40.8. The van der Waals surface area contributed by atoms with Crippen LogP contribution < -0.4 is 10.6 Å². The predicted molar refractivity (Wildman–Crippen MR) is 55.9 cm³/mol. The molecule has 0 aliphatic carbocycles. The van der Waals surface area contributed by atoms with Gasteiger partial charge in [-0.1, -0.05) is 6.42 Å². The average Bonchev–Trinajstić information content (AvgIpc) is 2.57. The Labute approximate surface area is 81.5 Å². The summed E-state index contributed by atoms with van der Waals surface area (Å²) in [7, 11) is 0.